The average Bonchev–Trinajstić information content (AvgIpc) is 3.14. The lowest BCUT2D eigenvalue weighted by Crippen LogP contribution is -2.44. The molecule has 1 spiro atoms. The van der Waals surface area contributed by atoms with Gasteiger partial charge in [-0.2, -0.15) is 0 Å². The van der Waals surface area contributed by atoms with E-state index < -0.39 is 5.60 Å². The van der Waals surface area contributed by atoms with Crippen molar-refractivity contribution in [3.8, 4) is 11.5 Å². The quantitative estimate of drug-likeness (QED) is 0.507. The Morgan fingerprint density at radius 1 is 1.18 bits per heavy atom. The van der Waals surface area contributed by atoms with Crippen molar-refractivity contribution in [2.75, 3.05) is 26.2 Å². The lowest BCUT2D eigenvalue weighted by molar-refractivity contribution is -0.155. The largest absolute Gasteiger partial charge is 0.492 e. The average molecular weight is 470 g/mol. The maximum Gasteiger partial charge on any atom is 0.307 e. The summed E-state index contributed by atoms with van der Waals surface area (Å²) in [5, 5.41) is 0. The third kappa shape index (κ3) is 5.54. The Morgan fingerprint density at radius 2 is 1.94 bits per heavy atom. The number of hydrogen-bond acceptors (Lipinski definition) is 5. The predicted octanol–water partition coefficient (Wildman–Crippen LogP) is 5.42. The molecule has 2 aliphatic rings. The number of piperidine rings is 1. The predicted molar refractivity (Wildman–Crippen MR) is 130 cm³/mol. The molecule has 0 aromatic heterocycles. The number of esters is 1. The first kappa shape index (κ1) is 24.5. The number of fused-ring (bicyclic) bond motifs is 2. The third-order valence-electron chi connectivity index (χ3n) is 6.87. The van der Waals surface area contributed by atoms with E-state index in [-0.39, 0.29) is 23.8 Å². The number of aryl methyl sites for hydroxylation is 1. The Labute approximate surface area is 202 Å². The van der Waals surface area contributed by atoms with Crippen LogP contribution < -0.4 is 9.47 Å². The summed E-state index contributed by atoms with van der Waals surface area (Å²) in [6.45, 7) is 11.1. The summed E-state index contributed by atoms with van der Waals surface area (Å²) in [6, 6.07) is 11.2. The Bertz CT molecular complexity index is 1020. The molecule has 0 amide bonds. The second-order valence-corrected chi connectivity index (χ2v) is 10.4. The number of rotatable bonds is 7. The van der Waals surface area contributed by atoms with Crippen molar-refractivity contribution in [3.05, 3.63) is 58.9 Å². The molecule has 1 fully saturated rings. The minimum absolute atomic E-state index is 0.0111. The Kier molecular flexibility index (Phi) is 7.17. The van der Waals surface area contributed by atoms with Crippen LogP contribution in [0.4, 0.5) is 4.39 Å². The molecule has 2 aliphatic heterocycles. The highest BCUT2D eigenvalue weighted by molar-refractivity contribution is 5.70. The lowest BCUT2D eigenvalue weighted by atomic mass is 9.74. The van der Waals surface area contributed by atoms with E-state index in [1.807, 2.05) is 45.9 Å². The molecule has 0 bridgehead atoms. The summed E-state index contributed by atoms with van der Waals surface area (Å²) in [6.07, 6.45) is 3.16. The van der Waals surface area contributed by atoms with Gasteiger partial charge in [0.25, 0.3) is 0 Å². The van der Waals surface area contributed by atoms with Crippen LogP contribution in [0.25, 0.3) is 0 Å². The molecular weight excluding hydrogens is 433 g/mol. The van der Waals surface area contributed by atoms with Gasteiger partial charge in [-0.1, -0.05) is 25.1 Å². The lowest BCUT2D eigenvalue weighted by Gasteiger charge is -2.38. The summed E-state index contributed by atoms with van der Waals surface area (Å²) in [5.74, 6) is 1.19. The summed E-state index contributed by atoms with van der Waals surface area (Å²) >= 11 is 0. The highest BCUT2D eigenvalue weighted by Crippen LogP contribution is 2.46. The van der Waals surface area contributed by atoms with Crippen molar-refractivity contribution in [1.29, 1.82) is 0 Å². The van der Waals surface area contributed by atoms with E-state index in [0.717, 1.165) is 50.2 Å². The summed E-state index contributed by atoms with van der Waals surface area (Å²) < 4.78 is 31.7. The Hall–Kier alpha value is -2.60. The van der Waals surface area contributed by atoms with Crippen LogP contribution in [0.1, 0.15) is 63.6 Å². The smallest absolute Gasteiger partial charge is 0.307 e. The topological polar surface area (TPSA) is 48.0 Å². The first-order valence-corrected chi connectivity index (χ1v) is 12.3. The third-order valence-corrected chi connectivity index (χ3v) is 6.87. The molecule has 0 unspecified atom stereocenters. The number of likely N-dealkylation sites (tertiary alicyclic amines) is 1. The first-order valence-electron chi connectivity index (χ1n) is 12.3. The fraction of sp³-hybridized carbons (Fsp3) is 0.536. The maximum absolute atomic E-state index is 14.3. The van der Waals surface area contributed by atoms with Gasteiger partial charge in [0.1, 0.15) is 29.5 Å². The summed E-state index contributed by atoms with van der Waals surface area (Å²) in [4.78, 5) is 14.4. The second kappa shape index (κ2) is 9.95. The molecule has 4 rings (SSSR count). The van der Waals surface area contributed by atoms with E-state index in [4.69, 9.17) is 14.2 Å². The molecule has 2 aromatic carbocycles. The normalized spacial score (nSPS) is 17.3. The van der Waals surface area contributed by atoms with E-state index in [0.29, 0.717) is 24.3 Å². The molecule has 34 heavy (non-hydrogen) atoms. The molecule has 0 atom stereocenters. The van der Waals surface area contributed by atoms with Crippen molar-refractivity contribution in [2.24, 2.45) is 0 Å². The van der Waals surface area contributed by atoms with Crippen molar-refractivity contribution in [1.82, 2.24) is 4.90 Å². The zero-order valence-electron chi connectivity index (χ0n) is 20.8. The van der Waals surface area contributed by atoms with Crippen molar-refractivity contribution >= 4 is 5.97 Å². The van der Waals surface area contributed by atoms with Crippen LogP contribution in [-0.4, -0.2) is 42.7 Å². The van der Waals surface area contributed by atoms with Crippen LogP contribution in [0.15, 0.2) is 36.4 Å². The summed E-state index contributed by atoms with van der Waals surface area (Å²) in [5.41, 5.74) is 2.38. The van der Waals surface area contributed by atoms with Gasteiger partial charge in [-0.3, -0.25) is 4.79 Å². The molecule has 0 aliphatic carbocycles. The maximum atomic E-state index is 14.3. The first-order chi connectivity index (χ1) is 16.2. The van der Waals surface area contributed by atoms with Gasteiger partial charge in [0.15, 0.2) is 0 Å². The molecule has 0 N–H and O–H groups in total. The molecule has 2 aromatic rings. The molecule has 0 saturated carbocycles. The van der Waals surface area contributed by atoms with Crippen LogP contribution in [0.3, 0.4) is 0 Å². The van der Waals surface area contributed by atoms with E-state index >= 15 is 0 Å². The Balaban J connectivity index is 1.34. The van der Waals surface area contributed by atoms with E-state index in [1.54, 1.807) is 6.07 Å². The van der Waals surface area contributed by atoms with Gasteiger partial charge >= 0.3 is 5.97 Å². The van der Waals surface area contributed by atoms with Crippen molar-refractivity contribution < 1.29 is 23.4 Å². The van der Waals surface area contributed by atoms with Crippen LogP contribution in [0.5, 0.6) is 11.5 Å². The SMILES string of the molecule is CCc1cccc(F)c1COc1ccc2c(c1)OCC21CCN(CCC(=O)OC(C)(C)C)CC1. The Morgan fingerprint density at radius 3 is 2.65 bits per heavy atom. The standard InChI is InChI=1S/C28H36FNO4/c1-5-20-7-6-8-24(29)22(20)18-32-21-9-10-23-25(17-21)33-19-28(23)12-15-30(16-13-28)14-11-26(31)34-27(2,3)4/h6-10,17H,5,11-16,18-19H2,1-4H3. The molecule has 0 radical (unpaired) electrons. The number of halogens is 1. The molecule has 2 heterocycles. The number of hydrogen-bond donors (Lipinski definition) is 0. The van der Waals surface area contributed by atoms with E-state index in [2.05, 4.69) is 11.0 Å². The van der Waals surface area contributed by atoms with Gasteiger partial charge in [-0.05, 0) is 70.8 Å². The van der Waals surface area contributed by atoms with Gasteiger partial charge in [0, 0.05) is 29.2 Å². The van der Waals surface area contributed by atoms with Gasteiger partial charge < -0.3 is 19.1 Å². The highest BCUT2D eigenvalue weighted by Gasteiger charge is 2.43. The monoisotopic (exact) mass is 469 g/mol. The van der Waals surface area contributed by atoms with Crippen molar-refractivity contribution in [2.45, 2.75) is 71.0 Å². The second-order valence-electron chi connectivity index (χ2n) is 10.4. The molecule has 6 heteroatoms. The minimum atomic E-state index is -0.440. The van der Waals surface area contributed by atoms with E-state index in [9.17, 15) is 9.18 Å². The zero-order valence-corrected chi connectivity index (χ0v) is 20.8. The van der Waals surface area contributed by atoms with Gasteiger partial charge in [0.05, 0.1) is 13.0 Å². The van der Waals surface area contributed by atoms with Crippen LogP contribution in [0, 0.1) is 5.82 Å². The van der Waals surface area contributed by atoms with Crippen LogP contribution in [0.2, 0.25) is 0 Å². The highest BCUT2D eigenvalue weighted by atomic mass is 19.1. The molecular formula is C28H36FNO4. The van der Waals surface area contributed by atoms with Crippen LogP contribution in [-0.2, 0) is 28.0 Å². The van der Waals surface area contributed by atoms with Gasteiger partial charge in [-0.25, -0.2) is 4.39 Å². The van der Waals surface area contributed by atoms with Gasteiger partial charge in [0.2, 0.25) is 0 Å². The molecule has 184 valence electrons. The fourth-order valence-corrected chi connectivity index (χ4v) is 4.96. The summed E-state index contributed by atoms with van der Waals surface area (Å²) in [7, 11) is 0. The number of ether oxygens (including phenoxy) is 3. The fourth-order valence-electron chi connectivity index (χ4n) is 4.96. The molecule has 5 nitrogen and oxygen atoms in total. The van der Waals surface area contributed by atoms with Crippen LogP contribution >= 0.6 is 0 Å². The van der Waals surface area contributed by atoms with E-state index in [1.165, 1.54) is 11.6 Å². The number of carbonyl (C=O) groups excluding carboxylic acids is 1. The number of nitrogens with zero attached hydrogens (tertiary/aromatic N) is 1. The van der Waals surface area contributed by atoms with Crippen molar-refractivity contribution in [3.63, 3.8) is 0 Å². The molecule has 1 saturated heterocycles. The zero-order chi connectivity index (χ0) is 24.3. The number of benzene rings is 2. The van der Waals surface area contributed by atoms with Gasteiger partial charge in [-0.15, -0.1) is 0 Å². The number of carbonyl (C=O) groups is 1. The minimum Gasteiger partial charge on any atom is -0.492 e.